The summed E-state index contributed by atoms with van der Waals surface area (Å²) < 4.78 is 1.65. The topological polar surface area (TPSA) is 59.8 Å². The second kappa shape index (κ2) is 5.75. The van der Waals surface area contributed by atoms with Crippen molar-refractivity contribution >= 4 is 16.6 Å². The zero-order valence-electron chi connectivity index (χ0n) is 11.8. The van der Waals surface area contributed by atoms with Crippen LogP contribution in [0.15, 0.2) is 53.7 Å². The highest BCUT2D eigenvalue weighted by Gasteiger charge is 2.04. The average Bonchev–Trinajstić information content (AvgIpc) is 2.52. The molecule has 0 amide bonds. The number of fused-ring (bicyclic) bond motifs is 1. The zero-order chi connectivity index (χ0) is 14.7. The van der Waals surface area contributed by atoms with Gasteiger partial charge >= 0.3 is 0 Å². The average molecular weight is 280 g/mol. The van der Waals surface area contributed by atoms with Gasteiger partial charge in [0.2, 0.25) is 0 Å². The van der Waals surface area contributed by atoms with Gasteiger partial charge in [-0.1, -0.05) is 18.2 Å². The van der Waals surface area contributed by atoms with Crippen molar-refractivity contribution in [2.45, 2.75) is 13.5 Å². The van der Waals surface area contributed by atoms with E-state index in [1.807, 2.05) is 37.3 Å². The van der Waals surface area contributed by atoms with E-state index in [0.717, 1.165) is 28.8 Å². The fraction of sp³-hybridized carbons (Fsp3) is 0.188. The molecule has 3 aromatic rings. The number of benzene rings is 1. The molecule has 0 saturated carbocycles. The van der Waals surface area contributed by atoms with Crippen molar-refractivity contribution in [2.24, 2.45) is 0 Å². The minimum Gasteiger partial charge on any atom is -0.369 e. The molecular formula is C16H16N4O. The summed E-state index contributed by atoms with van der Waals surface area (Å²) in [6, 6.07) is 9.52. The monoisotopic (exact) mass is 280 g/mol. The molecule has 0 fully saturated rings. The van der Waals surface area contributed by atoms with Crippen molar-refractivity contribution in [1.82, 2.24) is 14.5 Å². The van der Waals surface area contributed by atoms with Gasteiger partial charge in [-0.3, -0.25) is 9.78 Å². The summed E-state index contributed by atoms with van der Waals surface area (Å²) in [6.07, 6.45) is 5.18. The molecule has 0 radical (unpaired) electrons. The standard InChI is InChI=1S/C16H16N4O/c1-2-17-15-10-18-13(9-19-15)11-20-8-7-12-5-3-4-6-14(12)16(20)21/h3-10H,2,11H2,1H3,(H,17,19). The van der Waals surface area contributed by atoms with Crippen LogP contribution in [0.5, 0.6) is 0 Å². The van der Waals surface area contributed by atoms with Crippen LogP contribution in [0.1, 0.15) is 12.6 Å². The minimum atomic E-state index is -0.00865. The van der Waals surface area contributed by atoms with Gasteiger partial charge in [0.15, 0.2) is 0 Å². The molecule has 5 nitrogen and oxygen atoms in total. The first-order chi connectivity index (χ1) is 10.3. The van der Waals surface area contributed by atoms with E-state index in [-0.39, 0.29) is 5.56 Å². The molecule has 21 heavy (non-hydrogen) atoms. The minimum absolute atomic E-state index is 0.00865. The number of hydrogen-bond acceptors (Lipinski definition) is 4. The van der Waals surface area contributed by atoms with E-state index in [0.29, 0.717) is 6.54 Å². The molecule has 3 rings (SSSR count). The quantitative estimate of drug-likeness (QED) is 0.796. The van der Waals surface area contributed by atoms with E-state index in [2.05, 4.69) is 15.3 Å². The molecule has 106 valence electrons. The molecule has 0 aliphatic rings. The maximum Gasteiger partial charge on any atom is 0.258 e. The first-order valence-electron chi connectivity index (χ1n) is 6.91. The smallest absolute Gasteiger partial charge is 0.258 e. The van der Waals surface area contributed by atoms with E-state index in [1.54, 1.807) is 23.2 Å². The Hall–Kier alpha value is -2.69. The highest BCUT2D eigenvalue weighted by atomic mass is 16.1. The van der Waals surface area contributed by atoms with Gasteiger partial charge in [0.05, 0.1) is 24.6 Å². The van der Waals surface area contributed by atoms with Crippen molar-refractivity contribution in [3.8, 4) is 0 Å². The van der Waals surface area contributed by atoms with Crippen molar-refractivity contribution < 1.29 is 0 Å². The number of anilines is 1. The molecule has 1 N–H and O–H groups in total. The van der Waals surface area contributed by atoms with Crippen LogP contribution >= 0.6 is 0 Å². The van der Waals surface area contributed by atoms with Crippen LogP contribution in [-0.2, 0) is 6.54 Å². The Morgan fingerprint density at radius 1 is 1.14 bits per heavy atom. The van der Waals surface area contributed by atoms with Crippen LogP contribution in [0.3, 0.4) is 0 Å². The molecule has 1 aromatic carbocycles. The lowest BCUT2D eigenvalue weighted by Crippen LogP contribution is -2.20. The Balaban J connectivity index is 1.91. The fourth-order valence-corrected chi connectivity index (χ4v) is 2.24. The van der Waals surface area contributed by atoms with Gasteiger partial charge in [-0.25, -0.2) is 4.98 Å². The van der Waals surface area contributed by atoms with E-state index in [1.165, 1.54) is 0 Å². The van der Waals surface area contributed by atoms with Crippen LogP contribution < -0.4 is 10.9 Å². The highest BCUT2D eigenvalue weighted by Crippen LogP contribution is 2.09. The highest BCUT2D eigenvalue weighted by molar-refractivity contribution is 5.81. The molecule has 0 spiro atoms. The van der Waals surface area contributed by atoms with Crippen LogP contribution in [-0.4, -0.2) is 21.1 Å². The fourth-order valence-electron chi connectivity index (χ4n) is 2.24. The van der Waals surface area contributed by atoms with E-state index in [9.17, 15) is 4.79 Å². The summed E-state index contributed by atoms with van der Waals surface area (Å²) >= 11 is 0. The maximum atomic E-state index is 12.4. The lowest BCUT2D eigenvalue weighted by Gasteiger charge is -2.07. The predicted octanol–water partition coefficient (Wildman–Crippen LogP) is 2.27. The third-order valence-electron chi connectivity index (χ3n) is 3.28. The number of rotatable bonds is 4. The number of aromatic nitrogens is 3. The van der Waals surface area contributed by atoms with Gasteiger partial charge in [0.1, 0.15) is 5.82 Å². The van der Waals surface area contributed by atoms with Gasteiger partial charge < -0.3 is 9.88 Å². The number of hydrogen-bond donors (Lipinski definition) is 1. The molecule has 0 unspecified atom stereocenters. The number of pyridine rings is 1. The van der Waals surface area contributed by atoms with Gasteiger partial charge in [-0.15, -0.1) is 0 Å². The molecule has 2 aromatic heterocycles. The van der Waals surface area contributed by atoms with Crippen LogP contribution in [0, 0.1) is 0 Å². The summed E-state index contributed by atoms with van der Waals surface area (Å²) in [6.45, 7) is 3.23. The van der Waals surface area contributed by atoms with Gasteiger partial charge in [0, 0.05) is 18.1 Å². The number of nitrogens with one attached hydrogen (secondary N) is 1. The van der Waals surface area contributed by atoms with Crippen LogP contribution in [0.25, 0.3) is 10.8 Å². The third kappa shape index (κ3) is 2.76. The Bertz CT molecular complexity index is 808. The van der Waals surface area contributed by atoms with Crippen molar-refractivity contribution in [1.29, 1.82) is 0 Å². The summed E-state index contributed by atoms with van der Waals surface area (Å²) in [5, 5.41) is 4.76. The normalized spacial score (nSPS) is 10.7. The maximum absolute atomic E-state index is 12.4. The molecule has 0 atom stereocenters. The molecule has 2 heterocycles. The van der Waals surface area contributed by atoms with Crippen molar-refractivity contribution in [3.05, 3.63) is 65.0 Å². The zero-order valence-corrected chi connectivity index (χ0v) is 11.8. The first kappa shape index (κ1) is 13.3. The summed E-state index contributed by atoms with van der Waals surface area (Å²) in [5.41, 5.74) is 0.750. The van der Waals surface area contributed by atoms with E-state index >= 15 is 0 Å². The SMILES string of the molecule is CCNc1cnc(Cn2ccc3ccccc3c2=O)cn1. The lowest BCUT2D eigenvalue weighted by molar-refractivity contribution is 0.742. The van der Waals surface area contributed by atoms with Crippen molar-refractivity contribution in [3.63, 3.8) is 0 Å². The summed E-state index contributed by atoms with van der Waals surface area (Å²) in [4.78, 5) is 21.0. The molecule has 0 aliphatic heterocycles. The van der Waals surface area contributed by atoms with Crippen molar-refractivity contribution in [2.75, 3.05) is 11.9 Å². The van der Waals surface area contributed by atoms with E-state index < -0.39 is 0 Å². The molecular weight excluding hydrogens is 264 g/mol. The molecule has 0 saturated heterocycles. The van der Waals surface area contributed by atoms with Gasteiger partial charge in [-0.2, -0.15) is 0 Å². The second-order valence-corrected chi connectivity index (χ2v) is 4.76. The Morgan fingerprint density at radius 2 is 2.00 bits per heavy atom. The first-order valence-corrected chi connectivity index (χ1v) is 6.91. The van der Waals surface area contributed by atoms with E-state index in [4.69, 9.17) is 0 Å². The van der Waals surface area contributed by atoms with Crippen LogP contribution in [0.4, 0.5) is 5.82 Å². The lowest BCUT2D eigenvalue weighted by atomic mass is 10.2. The Labute approximate surface area is 122 Å². The predicted molar refractivity (Wildman–Crippen MR) is 83.5 cm³/mol. The van der Waals surface area contributed by atoms with Gasteiger partial charge in [0.25, 0.3) is 5.56 Å². The third-order valence-corrected chi connectivity index (χ3v) is 3.28. The van der Waals surface area contributed by atoms with Gasteiger partial charge in [-0.05, 0) is 24.4 Å². The summed E-state index contributed by atoms with van der Waals surface area (Å²) in [7, 11) is 0. The molecule has 0 aliphatic carbocycles. The Kier molecular flexibility index (Phi) is 3.64. The molecule has 0 bridgehead atoms. The summed E-state index contributed by atoms with van der Waals surface area (Å²) in [5.74, 6) is 0.743. The largest absolute Gasteiger partial charge is 0.369 e. The number of nitrogens with zero attached hydrogens (tertiary/aromatic N) is 3. The molecule has 5 heteroatoms. The second-order valence-electron chi connectivity index (χ2n) is 4.76. The Morgan fingerprint density at radius 3 is 2.76 bits per heavy atom. The van der Waals surface area contributed by atoms with Crippen LogP contribution in [0.2, 0.25) is 0 Å².